The Morgan fingerprint density at radius 3 is 1.62 bits per heavy atom. The number of hydrogen-bond acceptors (Lipinski definition) is 7. The van der Waals surface area contributed by atoms with Gasteiger partial charge in [0, 0.05) is 45.8 Å². The molecule has 0 fully saturated rings. The lowest BCUT2D eigenvalue weighted by Gasteiger charge is -2.13. The second-order valence-corrected chi connectivity index (χ2v) is 11.1. The molecule has 4 rings (SSSR count). The molecule has 0 unspecified atom stereocenters. The SMILES string of the molecule is CCOC(=O)c1cn(C)c(=O)cc1Nc1ccc(I)cc1F.Cn1cc(C(=O)O)c(Nc2ccc(I)cc2F)cc1=O. The Morgan fingerprint density at radius 1 is 0.786 bits per heavy atom. The van der Waals surface area contributed by atoms with E-state index in [4.69, 9.17) is 9.84 Å². The smallest absolute Gasteiger partial charge is 0.341 e. The van der Waals surface area contributed by atoms with Crippen LogP contribution >= 0.6 is 45.2 Å². The van der Waals surface area contributed by atoms with E-state index in [0.29, 0.717) is 3.57 Å². The number of ether oxygens (including phenoxy) is 1. The van der Waals surface area contributed by atoms with Gasteiger partial charge in [-0.15, -0.1) is 0 Å². The first kappa shape index (κ1) is 32.7. The summed E-state index contributed by atoms with van der Waals surface area (Å²) in [6.07, 6.45) is 2.56. The average molecular weight is 804 g/mol. The number of nitrogens with zero attached hydrogens (tertiary/aromatic N) is 2. The highest BCUT2D eigenvalue weighted by atomic mass is 127. The Hall–Kier alpha value is -3.80. The number of aromatic nitrogens is 2. The number of carboxylic acid groups (broad SMARTS) is 1. The lowest BCUT2D eigenvalue weighted by atomic mass is 10.2. The van der Waals surface area contributed by atoms with E-state index in [1.165, 1.54) is 55.3 Å². The van der Waals surface area contributed by atoms with E-state index in [2.05, 4.69) is 10.6 Å². The maximum Gasteiger partial charge on any atom is 0.341 e. The lowest BCUT2D eigenvalue weighted by Crippen LogP contribution is -2.20. The van der Waals surface area contributed by atoms with E-state index in [-0.39, 0.29) is 51.6 Å². The summed E-state index contributed by atoms with van der Waals surface area (Å²) in [4.78, 5) is 46.5. The molecule has 0 aliphatic rings. The first-order valence-electron chi connectivity index (χ1n) is 12.1. The first-order valence-corrected chi connectivity index (χ1v) is 14.2. The number of hydrogen-bond donors (Lipinski definition) is 3. The third-order valence-corrected chi connectivity index (χ3v) is 6.93. The second kappa shape index (κ2) is 14.4. The quantitative estimate of drug-likeness (QED) is 0.162. The molecule has 10 nitrogen and oxygen atoms in total. The van der Waals surface area contributed by atoms with Crippen molar-refractivity contribution < 1.29 is 28.2 Å². The molecule has 0 atom stereocenters. The summed E-state index contributed by atoms with van der Waals surface area (Å²) < 4.78 is 36.5. The zero-order valence-corrected chi connectivity index (χ0v) is 26.7. The molecule has 2 heterocycles. The van der Waals surface area contributed by atoms with Crippen LogP contribution in [0.15, 0.2) is 70.5 Å². The van der Waals surface area contributed by atoms with Crippen molar-refractivity contribution in [3.63, 3.8) is 0 Å². The van der Waals surface area contributed by atoms with Gasteiger partial charge in [-0.1, -0.05) is 0 Å². The van der Waals surface area contributed by atoms with Gasteiger partial charge >= 0.3 is 11.9 Å². The number of nitrogens with one attached hydrogen (secondary N) is 2. The summed E-state index contributed by atoms with van der Waals surface area (Å²) in [6, 6.07) is 11.5. The summed E-state index contributed by atoms with van der Waals surface area (Å²) in [6.45, 7) is 1.89. The van der Waals surface area contributed by atoms with Gasteiger partial charge in [-0.3, -0.25) is 9.59 Å². The number of pyridine rings is 2. The Bertz CT molecular complexity index is 1770. The molecule has 0 aliphatic carbocycles. The van der Waals surface area contributed by atoms with E-state index in [1.807, 2.05) is 45.2 Å². The number of benzene rings is 2. The van der Waals surface area contributed by atoms with Gasteiger partial charge in [0.1, 0.15) is 11.6 Å². The minimum atomic E-state index is -1.20. The summed E-state index contributed by atoms with van der Waals surface area (Å²) >= 11 is 3.96. The molecule has 0 bridgehead atoms. The number of carboxylic acids is 1. The van der Waals surface area contributed by atoms with Crippen LogP contribution in [-0.2, 0) is 18.8 Å². The molecule has 220 valence electrons. The van der Waals surface area contributed by atoms with E-state index in [0.717, 1.165) is 14.2 Å². The number of aryl methyl sites for hydroxylation is 2. The van der Waals surface area contributed by atoms with Crippen molar-refractivity contribution in [2.75, 3.05) is 17.2 Å². The van der Waals surface area contributed by atoms with E-state index < -0.39 is 23.6 Å². The van der Waals surface area contributed by atoms with Crippen molar-refractivity contribution in [2.24, 2.45) is 14.1 Å². The van der Waals surface area contributed by atoms with Gasteiger partial charge in [0.2, 0.25) is 0 Å². The van der Waals surface area contributed by atoms with Gasteiger partial charge in [-0.2, -0.15) is 0 Å². The first-order chi connectivity index (χ1) is 19.8. The van der Waals surface area contributed by atoms with Gasteiger partial charge in [0.15, 0.2) is 0 Å². The van der Waals surface area contributed by atoms with Crippen LogP contribution in [0.25, 0.3) is 0 Å². The molecule has 0 saturated carbocycles. The van der Waals surface area contributed by atoms with E-state index in [1.54, 1.807) is 25.1 Å². The number of anilines is 4. The van der Waals surface area contributed by atoms with Crippen LogP contribution in [0.1, 0.15) is 27.6 Å². The maximum atomic E-state index is 13.9. The minimum Gasteiger partial charge on any atom is -0.478 e. The fourth-order valence-corrected chi connectivity index (χ4v) is 4.39. The van der Waals surface area contributed by atoms with Crippen molar-refractivity contribution in [3.05, 3.63) is 112 Å². The molecule has 0 saturated heterocycles. The average Bonchev–Trinajstić information content (AvgIpc) is 2.91. The molecule has 2 aromatic carbocycles. The summed E-state index contributed by atoms with van der Waals surface area (Å²) in [5, 5.41) is 14.5. The molecular formula is C28H24F2I2N4O6. The normalized spacial score (nSPS) is 10.4. The third-order valence-electron chi connectivity index (χ3n) is 5.58. The largest absolute Gasteiger partial charge is 0.478 e. The second-order valence-electron chi connectivity index (χ2n) is 8.62. The highest BCUT2D eigenvalue weighted by Crippen LogP contribution is 2.25. The van der Waals surface area contributed by atoms with Gasteiger partial charge in [-0.05, 0) is 88.5 Å². The summed E-state index contributed by atoms with van der Waals surface area (Å²) in [5.74, 6) is -2.77. The topological polar surface area (TPSA) is 132 Å². The number of esters is 1. The molecule has 0 amide bonds. The highest BCUT2D eigenvalue weighted by molar-refractivity contribution is 14.1. The van der Waals surface area contributed by atoms with Gasteiger partial charge < -0.3 is 29.6 Å². The molecular weight excluding hydrogens is 780 g/mol. The van der Waals surface area contributed by atoms with E-state index in [9.17, 15) is 28.0 Å². The molecule has 14 heteroatoms. The Balaban J connectivity index is 0.000000231. The number of carbonyl (C=O) groups is 2. The molecule has 3 N–H and O–H groups in total. The third kappa shape index (κ3) is 8.37. The van der Waals surface area contributed by atoms with Gasteiger partial charge in [-0.25, -0.2) is 18.4 Å². The molecule has 4 aromatic rings. The summed E-state index contributed by atoms with van der Waals surface area (Å²) in [7, 11) is 2.98. The van der Waals surface area contributed by atoms with Crippen LogP contribution in [0.3, 0.4) is 0 Å². The van der Waals surface area contributed by atoms with Gasteiger partial charge in [0.25, 0.3) is 11.1 Å². The molecule has 42 heavy (non-hydrogen) atoms. The number of rotatable bonds is 7. The Labute approximate surface area is 265 Å². The Morgan fingerprint density at radius 2 is 1.21 bits per heavy atom. The lowest BCUT2D eigenvalue weighted by molar-refractivity contribution is 0.0526. The van der Waals surface area contributed by atoms with E-state index >= 15 is 0 Å². The Kier molecular flexibility index (Phi) is 11.2. The van der Waals surface area contributed by atoms with Crippen LogP contribution in [0.5, 0.6) is 0 Å². The number of aromatic carboxylic acids is 1. The zero-order valence-electron chi connectivity index (χ0n) is 22.4. The van der Waals surface area contributed by atoms with Crippen LogP contribution in [-0.4, -0.2) is 32.8 Å². The fourth-order valence-electron chi connectivity index (χ4n) is 3.48. The highest BCUT2D eigenvalue weighted by Gasteiger charge is 2.17. The number of halogens is 4. The number of carbonyl (C=O) groups excluding carboxylic acids is 1. The van der Waals surface area contributed by atoms with Gasteiger partial charge in [0.05, 0.1) is 40.5 Å². The summed E-state index contributed by atoms with van der Waals surface area (Å²) in [5.41, 5.74) is -0.0837. The zero-order chi connectivity index (χ0) is 31.1. The minimum absolute atomic E-state index is 0.0562. The van der Waals surface area contributed by atoms with Crippen molar-refractivity contribution in [3.8, 4) is 0 Å². The predicted octanol–water partition coefficient (Wildman–Crippen LogP) is 5.62. The van der Waals surface area contributed by atoms with Crippen LogP contribution in [0, 0.1) is 18.8 Å². The van der Waals surface area contributed by atoms with Crippen molar-refractivity contribution >= 4 is 79.9 Å². The molecule has 0 spiro atoms. The molecule has 2 aromatic heterocycles. The van der Waals surface area contributed by atoms with Crippen LogP contribution in [0.4, 0.5) is 31.5 Å². The molecule has 0 aliphatic heterocycles. The molecule has 0 radical (unpaired) electrons. The van der Waals surface area contributed by atoms with Crippen molar-refractivity contribution in [2.45, 2.75) is 6.92 Å². The standard InChI is InChI=1S/C15H14FIN2O3.C13H10FIN2O3/c1-3-22-15(21)10-8-19(2)14(20)7-13(10)18-12-5-4-9(17)6-11(12)16;1-17-6-8(13(19)20)11(5-12(17)18)16-10-3-2-7(15)4-9(10)14/h4-8,18H,3H2,1-2H3;2-6,16H,1H3,(H,19,20). The maximum absolute atomic E-state index is 13.9. The van der Waals surface area contributed by atoms with Crippen molar-refractivity contribution in [1.29, 1.82) is 0 Å². The monoisotopic (exact) mass is 804 g/mol. The fraction of sp³-hybridized carbons (Fsp3) is 0.143. The van der Waals surface area contributed by atoms with Crippen LogP contribution in [0.2, 0.25) is 0 Å². The van der Waals surface area contributed by atoms with Crippen molar-refractivity contribution in [1.82, 2.24) is 9.13 Å². The van der Waals surface area contributed by atoms with Crippen LogP contribution < -0.4 is 21.8 Å². The predicted molar refractivity (Wildman–Crippen MR) is 171 cm³/mol.